The van der Waals surface area contributed by atoms with Crippen LogP contribution in [0.25, 0.3) is 10.7 Å². The molecular formula is C21H22FN5O3S2. The maximum atomic E-state index is 13.9. The number of aromatic nitrogens is 3. The molecule has 0 spiro atoms. The first-order chi connectivity index (χ1) is 15.4. The number of nitro benzene ring substituents is 1. The van der Waals surface area contributed by atoms with Gasteiger partial charge in [-0.25, -0.2) is 4.39 Å². The van der Waals surface area contributed by atoms with Gasteiger partial charge in [-0.2, -0.15) is 0 Å². The summed E-state index contributed by atoms with van der Waals surface area (Å²) in [4.78, 5) is 25.0. The number of nitrogens with zero attached hydrogens (tertiary/aromatic N) is 4. The molecule has 11 heteroatoms. The summed E-state index contributed by atoms with van der Waals surface area (Å²) < 4.78 is 15.7. The Morgan fingerprint density at radius 2 is 2.22 bits per heavy atom. The Hall–Kier alpha value is -2.79. The van der Waals surface area contributed by atoms with Crippen LogP contribution in [-0.2, 0) is 24.7 Å². The average Bonchev–Trinajstić information content (AvgIpc) is 3.35. The van der Waals surface area contributed by atoms with Gasteiger partial charge in [-0.05, 0) is 42.9 Å². The fourth-order valence-electron chi connectivity index (χ4n) is 3.75. The largest absolute Gasteiger partial charge is 0.323 e. The topological polar surface area (TPSA) is 103 Å². The third-order valence-corrected chi connectivity index (χ3v) is 7.84. The number of non-ortho nitro benzene ring substituents is 1. The first kappa shape index (κ1) is 22.4. The van der Waals surface area contributed by atoms with Crippen molar-refractivity contribution >= 4 is 40.4 Å². The fourth-order valence-corrected chi connectivity index (χ4v) is 5.69. The predicted molar refractivity (Wildman–Crippen MR) is 123 cm³/mol. The Bertz CT molecular complexity index is 1180. The van der Waals surface area contributed by atoms with Crippen LogP contribution in [0.1, 0.15) is 30.2 Å². The molecule has 0 fully saturated rings. The van der Waals surface area contributed by atoms with Crippen LogP contribution in [0.4, 0.5) is 15.8 Å². The molecule has 4 rings (SSSR count). The van der Waals surface area contributed by atoms with E-state index in [1.807, 2.05) is 11.6 Å². The van der Waals surface area contributed by atoms with Gasteiger partial charge in [0.25, 0.3) is 5.69 Å². The van der Waals surface area contributed by atoms with Crippen molar-refractivity contribution < 1.29 is 14.1 Å². The minimum atomic E-state index is -0.734. The van der Waals surface area contributed by atoms with E-state index in [1.54, 1.807) is 11.3 Å². The van der Waals surface area contributed by atoms with E-state index in [9.17, 15) is 19.3 Å². The molecule has 3 aromatic rings. The Kier molecular flexibility index (Phi) is 6.56. The van der Waals surface area contributed by atoms with Crippen molar-refractivity contribution in [3.05, 3.63) is 50.6 Å². The van der Waals surface area contributed by atoms with Crippen LogP contribution in [-0.4, -0.2) is 31.3 Å². The lowest BCUT2D eigenvalue weighted by Gasteiger charge is -2.19. The van der Waals surface area contributed by atoms with Gasteiger partial charge >= 0.3 is 0 Å². The smallest absolute Gasteiger partial charge is 0.271 e. The summed E-state index contributed by atoms with van der Waals surface area (Å²) in [7, 11) is 1.85. The normalized spacial score (nSPS) is 15.4. The minimum absolute atomic E-state index is 0.0345. The quantitative estimate of drug-likeness (QED) is 0.298. The second-order valence-electron chi connectivity index (χ2n) is 7.70. The zero-order valence-electron chi connectivity index (χ0n) is 17.6. The number of benzene rings is 1. The van der Waals surface area contributed by atoms with Crippen LogP contribution >= 0.6 is 23.1 Å². The number of amides is 1. The van der Waals surface area contributed by atoms with E-state index in [-0.39, 0.29) is 17.1 Å². The predicted octanol–water partition coefficient (Wildman–Crippen LogP) is 4.84. The summed E-state index contributed by atoms with van der Waals surface area (Å²) >= 11 is 2.92. The molecule has 32 heavy (non-hydrogen) atoms. The van der Waals surface area contributed by atoms with Crippen molar-refractivity contribution in [2.75, 3.05) is 11.1 Å². The van der Waals surface area contributed by atoms with Crippen LogP contribution in [0, 0.1) is 21.8 Å². The summed E-state index contributed by atoms with van der Waals surface area (Å²) in [6.45, 7) is 2.23. The number of hydrogen-bond donors (Lipinski definition) is 1. The molecule has 2 aromatic heterocycles. The highest BCUT2D eigenvalue weighted by molar-refractivity contribution is 7.99. The first-order valence-corrected chi connectivity index (χ1v) is 12.0. The lowest BCUT2D eigenvalue weighted by Crippen LogP contribution is -2.15. The number of hydrogen-bond acceptors (Lipinski definition) is 7. The van der Waals surface area contributed by atoms with Gasteiger partial charge in [0.05, 0.1) is 21.2 Å². The van der Waals surface area contributed by atoms with Crippen LogP contribution < -0.4 is 5.32 Å². The number of aryl methyl sites for hydroxylation is 1. The summed E-state index contributed by atoms with van der Waals surface area (Å²) in [6.07, 6.45) is 4.63. The monoisotopic (exact) mass is 475 g/mol. The Morgan fingerprint density at radius 1 is 1.41 bits per heavy atom. The van der Waals surface area contributed by atoms with E-state index < -0.39 is 16.6 Å². The number of nitrogens with one attached hydrogen (secondary N) is 1. The Labute approximate surface area is 192 Å². The van der Waals surface area contributed by atoms with Gasteiger partial charge in [-0.3, -0.25) is 14.9 Å². The van der Waals surface area contributed by atoms with E-state index in [0.29, 0.717) is 5.16 Å². The van der Waals surface area contributed by atoms with Crippen LogP contribution in [0.3, 0.4) is 0 Å². The van der Waals surface area contributed by atoms with Crippen molar-refractivity contribution in [2.24, 2.45) is 13.0 Å². The van der Waals surface area contributed by atoms with Crippen molar-refractivity contribution in [3.8, 4) is 10.7 Å². The zero-order chi connectivity index (χ0) is 22.8. The molecule has 0 radical (unpaired) electrons. The molecule has 1 N–H and O–H groups in total. The van der Waals surface area contributed by atoms with Crippen molar-refractivity contribution in [1.82, 2.24) is 14.8 Å². The van der Waals surface area contributed by atoms with E-state index in [0.717, 1.165) is 47.7 Å². The summed E-state index contributed by atoms with van der Waals surface area (Å²) in [6, 6.07) is 5.21. The van der Waals surface area contributed by atoms with Crippen LogP contribution in [0.15, 0.2) is 29.4 Å². The second-order valence-corrected chi connectivity index (χ2v) is 9.78. The van der Waals surface area contributed by atoms with Gasteiger partial charge in [0.2, 0.25) is 5.91 Å². The highest BCUT2D eigenvalue weighted by Crippen LogP contribution is 2.38. The second kappa shape index (κ2) is 9.37. The van der Waals surface area contributed by atoms with Crippen molar-refractivity contribution in [1.29, 1.82) is 0 Å². The minimum Gasteiger partial charge on any atom is -0.323 e. The molecular weight excluding hydrogens is 453 g/mol. The average molecular weight is 476 g/mol. The van der Waals surface area contributed by atoms with Crippen molar-refractivity contribution in [2.45, 2.75) is 37.8 Å². The van der Waals surface area contributed by atoms with Gasteiger partial charge in [-0.15, -0.1) is 21.5 Å². The molecule has 1 atom stereocenters. The van der Waals surface area contributed by atoms with Gasteiger partial charge in [0.15, 0.2) is 11.0 Å². The molecule has 1 unspecified atom stereocenters. The van der Waals surface area contributed by atoms with Gasteiger partial charge in [-0.1, -0.05) is 25.1 Å². The van der Waals surface area contributed by atoms with Gasteiger partial charge in [0, 0.05) is 24.1 Å². The Morgan fingerprint density at radius 3 is 2.97 bits per heavy atom. The summed E-state index contributed by atoms with van der Waals surface area (Å²) in [5.74, 6) is 0.237. The first-order valence-electron chi connectivity index (χ1n) is 10.2. The third kappa shape index (κ3) is 4.68. The Balaban J connectivity index is 1.42. The maximum Gasteiger partial charge on any atom is 0.271 e. The summed E-state index contributed by atoms with van der Waals surface area (Å²) in [5, 5.41) is 22.3. The van der Waals surface area contributed by atoms with Gasteiger partial charge in [0.1, 0.15) is 5.82 Å². The van der Waals surface area contributed by atoms with Crippen LogP contribution in [0.5, 0.6) is 0 Å². The number of anilines is 1. The molecule has 0 saturated heterocycles. The number of fused-ring (bicyclic) bond motifs is 1. The van der Waals surface area contributed by atoms with Crippen molar-refractivity contribution in [3.63, 3.8) is 0 Å². The maximum absolute atomic E-state index is 13.9. The molecule has 0 bridgehead atoms. The molecule has 168 valence electrons. The lowest BCUT2D eigenvalue weighted by molar-refractivity contribution is -0.384. The molecule has 2 heterocycles. The number of rotatable bonds is 7. The molecule has 1 aliphatic carbocycles. The number of thiophene rings is 1. The van der Waals surface area contributed by atoms with E-state index in [1.165, 1.54) is 35.0 Å². The third-order valence-electron chi connectivity index (χ3n) is 5.58. The van der Waals surface area contributed by atoms with E-state index in [2.05, 4.69) is 28.5 Å². The SMILES string of the molecule is CCC1CCc2sc(-c3nnc(SCC(=O)Nc4cc([N+](=O)[O-])ccc4F)n3C)cc2C1. The standard InChI is InChI=1S/C21H22FN5O3S2/c1-3-12-4-7-17-13(8-12)9-18(32-17)20-24-25-21(26(20)2)31-11-19(28)23-16-10-14(27(29)30)5-6-15(16)22/h5-6,9-10,12H,3-4,7-8,11H2,1-2H3,(H,23,28). The molecule has 0 aliphatic heterocycles. The molecule has 0 saturated carbocycles. The number of carbonyl (C=O) groups is 1. The van der Waals surface area contributed by atoms with Crippen LogP contribution in [0.2, 0.25) is 0 Å². The number of thioether (sulfide) groups is 1. The highest BCUT2D eigenvalue weighted by atomic mass is 32.2. The molecule has 1 aromatic carbocycles. The fraction of sp³-hybridized carbons (Fsp3) is 0.381. The molecule has 1 amide bonds. The highest BCUT2D eigenvalue weighted by Gasteiger charge is 2.23. The zero-order valence-corrected chi connectivity index (χ0v) is 19.3. The number of halogens is 1. The lowest BCUT2D eigenvalue weighted by atomic mass is 9.87. The van der Waals surface area contributed by atoms with Gasteiger partial charge < -0.3 is 9.88 Å². The van der Waals surface area contributed by atoms with E-state index >= 15 is 0 Å². The van der Waals surface area contributed by atoms with E-state index in [4.69, 9.17) is 0 Å². The summed E-state index contributed by atoms with van der Waals surface area (Å²) in [5.41, 5.74) is 0.882. The molecule has 1 aliphatic rings. The molecule has 8 nitrogen and oxygen atoms in total. The number of carbonyl (C=O) groups excluding carboxylic acids is 1. The number of nitro groups is 1.